The van der Waals surface area contributed by atoms with E-state index in [1.165, 1.54) is 6.42 Å². The lowest BCUT2D eigenvalue weighted by Gasteiger charge is -2.64. The number of rotatable bonds is 12. The van der Waals surface area contributed by atoms with Crippen molar-refractivity contribution in [1.29, 1.82) is 0 Å². The molecule has 6 atom stereocenters. The van der Waals surface area contributed by atoms with Crippen LogP contribution in [-0.4, -0.2) is 55.1 Å². The van der Waals surface area contributed by atoms with Gasteiger partial charge in [0.1, 0.15) is 5.78 Å². The van der Waals surface area contributed by atoms with Gasteiger partial charge in [0, 0.05) is 12.8 Å². The Hall–Kier alpha value is -1.45. The van der Waals surface area contributed by atoms with Gasteiger partial charge < -0.3 is 25.1 Å². The van der Waals surface area contributed by atoms with Crippen LogP contribution in [-0.2, 0) is 28.4 Å². The number of esters is 1. The van der Waals surface area contributed by atoms with Crippen LogP contribution < -0.4 is 11.1 Å². The summed E-state index contributed by atoms with van der Waals surface area (Å²) in [7, 11) is -0.505. The third kappa shape index (κ3) is 5.68. The van der Waals surface area contributed by atoms with E-state index in [2.05, 4.69) is 39.9 Å². The summed E-state index contributed by atoms with van der Waals surface area (Å²) in [5.74, 6) is 0.343. The van der Waals surface area contributed by atoms with Crippen LogP contribution in [0.5, 0.6) is 0 Å². The minimum Gasteiger partial charge on any atom is -0.466 e. The zero-order valence-corrected chi connectivity index (χ0v) is 21.7. The smallest absolute Gasteiger partial charge is 0.466 e. The van der Waals surface area contributed by atoms with E-state index in [-0.39, 0.29) is 66.4 Å². The first-order valence-corrected chi connectivity index (χ1v) is 12.9. The molecule has 9 heteroatoms. The van der Waals surface area contributed by atoms with Crippen molar-refractivity contribution < 1.29 is 28.4 Å². The summed E-state index contributed by atoms with van der Waals surface area (Å²) in [6.07, 6.45) is 3.46. The fourth-order valence-corrected chi connectivity index (χ4v) is 6.15. The maximum Gasteiger partial charge on any atom is 0.481 e. The van der Waals surface area contributed by atoms with Crippen molar-refractivity contribution in [3.63, 3.8) is 0 Å². The Kier molecular flexibility index (Phi) is 8.52. The second kappa shape index (κ2) is 10.7. The highest BCUT2D eigenvalue weighted by atomic mass is 16.7. The fraction of sp³-hybridized carbons (Fsp3) is 0.880. The van der Waals surface area contributed by atoms with Gasteiger partial charge in [-0.05, 0) is 62.7 Å². The average molecular weight is 478 g/mol. The third-order valence-electron chi connectivity index (χ3n) is 8.33. The van der Waals surface area contributed by atoms with Crippen molar-refractivity contribution in [1.82, 2.24) is 5.32 Å². The molecule has 34 heavy (non-hydrogen) atoms. The molecule has 1 saturated heterocycles. The highest BCUT2D eigenvalue weighted by molar-refractivity contribution is 6.47. The monoisotopic (exact) mass is 478 g/mol. The first-order valence-electron chi connectivity index (χ1n) is 12.9. The van der Waals surface area contributed by atoms with E-state index >= 15 is 0 Å². The highest BCUT2D eigenvalue weighted by Gasteiger charge is 2.68. The quantitative estimate of drug-likeness (QED) is 0.327. The lowest BCUT2D eigenvalue weighted by molar-refractivity contribution is -0.199. The predicted octanol–water partition coefficient (Wildman–Crippen LogP) is 2.80. The molecule has 4 rings (SSSR count). The summed E-state index contributed by atoms with van der Waals surface area (Å²) in [6, 6.07) is -0.813. The summed E-state index contributed by atoms with van der Waals surface area (Å²) in [5.41, 5.74) is 6.03. The molecule has 0 aromatic rings. The van der Waals surface area contributed by atoms with E-state index in [9.17, 15) is 14.4 Å². The standard InChI is InChI=1S/C25H43BN2O6/c1-7-32-22(30)11-9-17(29)8-10-18(27)23(31)28-21(12-15(2)3)26-33-20-14-16-13-19(24(16,4)5)25(20,6)34-26/h15-16,18-21H,7-14,27H2,1-6H3,(H,28,31)/t16-,18-,19-,20+,21-,25-/m0/s1. The van der Waals surface area contributed by atoms with Crippen LogP contribution in [0.15, 0.2) is 0 Å². The molecular formula is C25H43BN2O6. The van der Waals surface area contributed by atoms with Crippen LogP contribution in [0.25, 0.3) is 0 Å². The molecule has 0 spiro atoms. The number of carbonyl (C=O) groups excluding carboxylic acids is 3. The van der Waals surface area contributed by atoms with E-state index in [0.717, 1.165) is 6.42 Å². The Morgan fingerprint density at radius 3 is 2.47 bits per heavy atom. The van der Waals surface area contributed by atoms with Crippen molar-refractivity contribution in [3.05, 3.63) is 0 Å². The number of nitrogens with two attached hydrogens (primary N) is 1. The number of ketones is 1. The molecule has 2 bridgehead atoms. The summed E-state index contributed by atoms with van der Waals surface area (Å²) in [6.45, 7) is 13.0. The molecule has 1 aliphatic heterocycles. The van der Waals surface area contributed by atoms with Gasteiger partial charge in [-0.15, -0.1) is 0 Å². The van der Waals surface area contributed by atoms with E-state index in [4.69, 9.17) is 19.8 Å². The second-order valence-corrected chi connectivity index (χ2v) is 11.6. The normalized spacial score (nSPS) is 30.8. The molecule has 4 fully saturated rings. The number of carbonyl (C=O) groups is 3. The Bertz CT molecular complexity index is 775. The number of amides is 1. The van der Waals surface area contributed by atoms with Gasteiger partial charge in [0.15, 0.2) is 0 Å². The van der Waals surface area contributed by atoms with Crippen molar-refractivity contribution in [2.45, 2.75) is 110 Å². The van der Waals surface area contributed by atoms with E-state index in [0.29, 0.717) is 30.8 Å². The largest absolute Gasteiger partial charge is 0.481 e. The topological polar surface area (TPSA) is 117 Å². The second-order valence-electron chi connectivity index (χ2n) is 11.6. The zero-order chi connectivity index (χ0) is 25.3. The minimum absolute atomic E-state index is 0.0477. The lowest BCUT2D eigenvalue weighted by atomic mass is 9.43. The molecule has 192 valence electrons. The summed E-state index contributed by atoms with van der Waals surface area (Å²) < 4.78 is 17.8. The number of Topliss-reactive ketones (excluding diaryl/α,β-unsaturated/α-hetero) is 1. The Morgan fingerprint density at radius 2 is 1.85 bits per heavy atom. The van der Waals surface area contributed by atoms with Gasteiger partial charge in [-0.3, -0.25) is 14.4 Å². The van der Waals surface area contributed by atoms with Crippen LogP contribution in [0.1, 0.15) is 86.5 Å². The van der Waals surface area contributed by atoms with Crippen LogP contribution in [0.2, 0.25) is 0 Å². The maximum atomic E-state index is 12.9. The zero-order valence-electron chi connectivity index (χ0n) is 21.7. The van der Waals surface area contributed by atoms with Gasteiger partial charge >= 0.3 is 13.1 Å². The Morgan fingerprint density at radius 1 is 1.15 bits per heavy atom. The molecule has 1 heterocycles. The molecule has 8 nitrogen and oxygen atoms in total. The van der Waals surface area contributed by atoms with Gasteiger partial charge in [-0.2, -0.15) is 0 Å². The molecular weight excluding hydrogens is 435 g/mol. The third-order valence-corrected chi connectivity index (χ3v) is 8.33. The van der Waals surface area contributed by atoms with E-state index in [1.54, 1.807) is 6.92 Å². The number of hydrogen-bond donors (Lipinski definition) is 2. The molecule has 4 aliphatic rings. The van der Waals surface area contributed by atoms with Crippen molar-refractivity contribution in [2.75, 3.05) is 6.61 Å². The fourth-order valence-electron chi connectivity index (χ4n) is 6.15. The van der Waals surface area contributed by atoms with Crippen molar-refractivity contribution in [3.8, 4) is 0 Å². The first-order chi connectivity index (χ1) is 15.9. The molecule has 3 aliphatic carbocycles. The molecule has 3 saturated carbocycles. The molecule has 3 N–H and O–H groups in total. The first kappa shape index (κ1) is 27.1. The summed E-state index contributed by atoms with van der Waals surface area (Å²) >= 11 is 0. The van der Waals surface area contributed by atoms with Gasteiger partial charge in [0.2, 0.25) is 5.91 Å². The van der Waals surface area contributed by atoms with Crippen molar-refractivity contribution in [2.24, 2.45) is 28.9 Å². The summed E-state index contributed by atoms with van der Waals surface area (Å²) in [5, 5.41) is 3.06. The van der Waals surface area contributed by atoms with Crippen LogP contribution in [0, 0.1) is 23.2 Å². The van der Waals surface area contributed by atoms with Crippen LogP contribution in [0.4, 0.5) is 0 Å². The van der Waals surface area contributed by atoms with E-state index in [1.807, 2.05) is 0 Å². The molecule has 0 aromatic carbocycles. The molecule has 0 unspecified atom stereocenters. The predicted molar refractivity (Wildman–Crippen MR) is 130 cm³/mol. The SMILES string of the molecule is CCOC(=O)CCC(=O)CC[C@H](N)C(=O)N[C@@H](CC(C)C)B1O[C@@H]2C[C@@H]3C[C@@H](C3(C)C)[C@]2(C)O1. The minimum atomic E-state index is -0.813. The lowest BCUT2D eigenvalue weighted by Crippen LogP contribution is -2.65. The van der Waals surface area contributed by atoms with Gasteiger partial charge in [0.25, 0.3) is 0 Å². The van der Waals surface area contributed by atoms with E-state index < -0.39 is 13.2 Å². The van der Waals surface area contributed by atoms with Crippen LogP contribution in [0.3, 0.4) is 0 Å². The number of ether oxygens (including phenoxy) is 1. The van der Waals surface area contributed by atoms with Crippen molar-refractivity contribution >= 4 is 24.8 Å². The summed E-state index contributed by atoms with van der Waals surface area (Å²) in [4.78, 5) is 36.4. The number of nitrogens with one attached hydrogen (secondary N) is 1. The molecule has 1 amide bonds. The Labute approximate surface area is 204 Å². The Balaban J connectivity index is 1.53. The molecule has 0 radical (unpaired) electrons. The number of hydrogen-bond acceptors (Lipinski definition) is 7. The maximum absolute atomic E-state index is 12.9. The van der Waals surface area contributed by atoms with Crippen LogP contribution >= 0.6 is 0 Å². The highest BCUT2D eigenvalue weighted by Crippen LogP contribution is 2.65. The van der Waals surface area contributed by atoms with Gasteiger partial charge in [0.05, 0.1) is 36.7 Å². The van der Waals surface area contributed by atoms with Gasteiger partial charge in [-0.1, -0.05) is 27.7 Å². The molecule has 0 aromatic heterocycles. The van der Waals surface area contributed by atoms with Gasteiger partial charge in [-0.25, -0.2) is 0 Å². The average Bonchev–Trinajstić information content (AvgIpc) is 3.12.